The van der Waals surface area contributed by atoms with E-state index in [1.54, 1.807) is 0 Å². The van der Waals surface area contributed by atoms with Crippen molar-refractivity contribution < 1.29 is 0 Å². The Kier molecular flexibility index (Phi) is 3.33. The molecule has 2 aromatic rings. The Morgan fingerprint density at radius 1 is 0.889 bits per heavy atom. The van der Waals surface area contributed by atoms with Gasteiger partial charge < -0.3 is 5.73 Å². The minimum atomic E-state index is 0.218. The van der Waals surface area contributed by atoms with E-state index in [2.05, 4.69) is 42.5 Å². The van der Waals surface area contributed by atoms with Gasteiger partial charge in [-0.15, -0.1) is 0 Å². The van der Waals surface area contributed by atoms with Gasteiger partial charge in [-0.05, 0) is 41.2 Å². The minimum absolute atomic E-state index is 0.218. The molecule has 0 unspecified atom stereocenters. The molecule has 1 saturated carbocycles. The Labute approximate surface area is 109 Å². The molecule has 0 aliphatic heterocycles. The molecule has 1 nitrogen and oxygen atoms in total. The summed E-state index contributed by atoms with van der Waals surface area (Å²) in [5.41, 5.74) is 7.77. The van der Waals surface area contributed by atoms with Gasteiger partial charge in [0.15, 0.2) is 0 Å². The van der Waals surface area contributed by atoms with Gasteiger partial charge in [-0.25, -0.2) is 0 Å². The molecule has 1 heteroatoms. The molecule has 0 radical (unpaired) electrons. The zero-order valence-corrected chi connectivity index (χ0v) is 10.8. The van der Waals surface area contributed by atoms with Crippen molar-refractivity contribution >= 4 is 10.8 Å². The lowest BCUT2D eigenvalue weighted by molar-refractivity contribution is 0.308. The summed E-state index contributed by atoms with van der Waals surface area (Å²) in [5.74, 6) is 0.680. The molecule has 1 atom stereocenters. The maximum atomic E-state index is 6.46. The fourth-order valence-corrected chi connectivity index (χ4v) is 3.18. The van der Waals surface area contributed by atoms with Crippen LogP contribution in [0.3, 0.4) is 0 Å². The monoisotopic (exact) mass is 239 g/mol. The molecule has 0 spiro atoms. The van der Waals surface area contributed by atoms with Crippen LogP contribution < -0.4 is 5.73 Å². The van der Waals surface area contributed by atoms with E-state index in [1.807, 2.05) is 0 Å². The molecular formula is C17H21N. The van der Waals surface area contributed by atoms with E-state index in [0.29, 0.717) is 5.92 Å². The number of hydrogen-bond donors (Lipinski definition) is 1. The van der Waals surface area contributed by atoms with Gasteiger partial charge in [0.05, 0.1) is 0 Å². The molecule has 0 amide bonds. The molecule has 1 fully saturated rings. The van der Waals surface area contributed by atoms with Crippen LogP contribution in [0.2, 0.25) is 0 Å². The molecule has 0 heterocycles. The summed E-state index contributed by atoms with van der Waals surface area (Å²) in [7, 11) is 0. The molecule has 3 rings (SSSR count). The van der Waals surface area contributed by atoms with Gasteiger partial charge in [0.2, 0.25) is 0 Å². The quantitative estimate of drug-likeness (QED) is 0.824. The first-order valence-electron chi connectivity index (χ1n) is 7.09. The molecular weight excluding hydrogens is 218 g/mol. The summed E-state index contributed by atoms with van der Waals surface area (Å²) in [6.45, 7) is 0. The lowest BCUT2D eigenvalue weighted by Gasteiger charge is -2.28. The van der Waals surface area contributed by atoms with E-state index < -0.39 is 0 Å². The smallest absolute Gasteiger partial charge is 0.0323 e. The second kappa shape index (κ2) is 5.11. The zero-order chi connectivity index (χ0) is 12.4. The normalized spacial score (nSPS) is 18.9. The highest BCUT2D eigenvalue weighted by Gasteiger charge is 2.21. The predicted octanol–water partition coefficient (Wildman–Crippen LogP) is 4.42. The van der Waals surface area contributed by atoms with Gasteiger partial charge in [-0.3, -0.25) is 0 Å². The fraction of sp³-hybridized carbons (Fsp3) is 0.412. The Balaban J connectivity index is 1.88. The van der Waals surface area contributed by atoms with Crippen molar-refractivity contribution in [2.75, 3.05) is 0 Å². The number of hydrogen-bond acceptors (Lipinski definition) is 1. The third-order valence-electron chi connectivity index (χ3n) is 4.32. The molecule has 2 N–H and O–H groups in total. The lowest BCUT2D eigenvalue weighted by Crippen LogP contribution is -2.23. The summed E-state index contributed by atoms with van der Waals surface area (Å²) < 4.78 is 0. The van der Waals surface area contributed by atoms with E-state index in [4.69, 9.17) is 5.73 Å². The van der Waals surface area contributed by atoms with Crippen LogP contribution in [0.25, 0.3) is 10.8 Å². The maximum Gasteiger partial charge on any atom is 0.0323 e. The SMILES string of the molecule is N[C@@H](c1ccc2ccccc2c1)C1CCCCC1. The van der Waals surface area contributed by atoms with E-state index in [-0.39, 0.29) is 6.04 Å². The first kappa shape index (κ1) is 11.7. The standard InChI is InChI=1S/C17H21N/c18-17(14-7-2-1-3-8-14)16-11-10-13-6-4-5-9-15(13)12-16/h4-6,9-12,14,17H,1-3,7-8,18H2/t17-/m1/s1. The van der Waals surface area contributed by atoms with Crippen molar-refractivity contribution in [1.82, 2.24) is 0 Å². The summed E-state index contributed by atoms with van der Waals surface area (Å²) in [6, 6.07) is 15.4. The number of rotatable bonds is 2. The molecule has 1 aliphatic carbocycles. The third-order valence-corrected chi connectivity index (χ3v) is 4.32. The fourth-order valence-electron chi connectivity index (χ4n) is 3.18. The van der Waals surface area contributed by atoms with Gasteiger partial charge >= 0.3 is 0 Å². The summed E-state index contributed by atoms with van der Waals surface area (Å²) >= 11 is 0. The number of fused-ring (bicyclic) bond motifs is 1. The Morgan fingerprint density at radius 2 is 1.61 bits per heavy atom. The van der Waals surface area contributed by atoms with Gasteiger partial charge in [0.25, 0.3) is 0 Å². The van der Waals surface area contributed by atoms with E-state index in [0.717, 1.165) is 0 Å². The number of nitrogens with two attached hydrogens (primary N) is 1. The molecule has 2 aromatic carbocycles. The van der Waals surface area contributed by atoms with E-state index in [1.165, 1.54) is 48.4 Å². The maximum absolute atomic E-state index is 6.46. The van der Waals surface area contributed by atoms with Gasteiger partial charge in [0, 0.05) is 6.04 Å². The van der Waals surface area contributed by atoms with Crippen molar-refractivity contribution in [3.8, 4) is 0 Å². The van der Waals surface area contributed by atoms with Gasteiger partial charge in [0.1, 0.15) is 0 Å². The Bertz CT molecular complexity index is 526. The highest BCUT2D eigenvalue weighted by atomic mass is 14.7. The average molecular weight is 239 g/mol. The van der Waals surface area contributed by atoms with E-state index >= 15 is 0 Å². The summed E-state index contributed by atoms with van der Waals surface area (Å²) in [4.78, 5) is 0. The van der Waals surface area contributed by atoms with Crippen LogP contribution >= 0.6 is 0 Å². The van der Waals surface area contributed by atoms with Crippen molar-refractivity contribution in [3.63, 3.8) is 0 Å². The highest BCUT2D eigenvalue weighted by Crippen LogP contribution is 2.33. The molecule has 0 bridgehead atoms. The Hall–Kier alpha value is -1.34. The van der Waals surface area contributed by atoms with Gasteiger partial charge in [-0.2, -0.15) is 0 Å². The van der Waals surface area contributed by atoms with Gasteiger partial charge in [-0.1, -0.05) is 55.7 Å². The van der Waals surface area contributed by atoms with Crippen LogP contribution in [0, 0.1) is 5.92 Å². The summed E-state index contributed by atoms with van der Waals surface area (Å²) in [6.07, 6.45) is 6.70. The van der Waals surface area contributed by atoms with Crippen LogP contribution in [0.4, 0.5) is 0 Å². The molecule has 1 aliphatic rings. The van der Waals surface area contributed by atoms with Crippen LogP contribution in [0.1, 0.15) is 43.7 Å². The zero-order valence-electron chi connectivity index (χ0n) is 10.8. The first-order chi connectivity index (χ1) is 8.84. The number of benzene rings is 2. The van der Waals surface area contributed by atoms with Crippen molar-refractivity contribution in [3.05, 3.63) is 48.0 Å². The molecule has 0 saturated heterocycles. The third kappa shape index (κ3) is 2.28. The lowest BCUT2D eigenvalue weighted by atomic mass is 9.81. The average Bonchev–Trinajstić information content (AvgIpc) is 2.47. The van der Waals surface area contributed by atoms with Crippen LogP contribution in [-0.4, -0.2) is 0 Å². The second-order valence-corrected chi connectivity index (χ2v) is 5.53. The molecule has 18 heavy (non-hydrogen) atoms. The van der Waals surface area contributed by atoms with Crippen LogP contribution in [-0.2, 0) is 0 Å². The minimum Gasteiger partial charge on any atom is -0.324 e. The van der Waals surface area contributed by atoms with Crippen LogP contribution in [0.5, 0.6) is 0 Å². The van der Waals surface area contributed by atoms with Crippen molar-refractivity contribution in [2.45, 2.75) is 38.1 Å². The first-order valence-corrected chi connectivity index (χ1v) is 7.09. The summed E-state index contributed by atoms with van der Waals surface area (Å²) in [5, 5.41) is 2.61. The second-order valence-electron chi connectivity index (χ2n) is 5.53. The van der Waals surface area contributed by atoms with Crippen LogP contribution in [0.15, 0.2) is 42.5 Å². The van der Waals surface area contributed by atoms with Crippen molar-refractivity contribution in [1.29, 1.82) is 0 Å². The predicted molar refractivity (Wildman–Crippen MR) is 77.5 cm³/mol. The molecule has 0 aromatic heterocycles. The molecule has 94 valence electrons. The largest absolute Gasteiger partial charge is 0.324 e. The topological polar surface area (TPSA) is 26.0 Å². The van der Waals surface area contributed by atoms with E-state index in [9.17, 15) is 0 Å². The highest BCUT2D eigenvalue weighted by molar-refractivity contribution is 5.83. The van der Waals surface area contributed by atoms with Crippen molar-refractivity contribution in [2.24, 2.45) is 11.7 Å². The Morgan fingerprint density at radius 3 is 2.39 bits per heavy atom.